The van der Waals surface area contributed by atoms with Gasteiger partial charge in [-0.05, 0) is 23.8 Å². The molecule has 2 aliphatic heterocycles. The molecular weight excluding hydrogens is 418 g/mol. The van der Waals surface area contributed by atoms with Crippen LogP contribution in [0.15, 0.2) is 42.5 Å². The zero-order valence-electron chi connectivity index (χ0n) is 15.5. The third-order valence-electron chi connectivity index (χ3n) is 4.70. The number of nitrogens with zero attached hydrogens (tertiary/aromatic N) is 2. The van der Waals surface area contributed by atoms with E-state index in [1.54, 1.807) is 36.4 Å². The minimum Gasteiger partial charge on any atom is -0.486 e. The van der Waals surface area contributed by atoms with Crippen molar-refractivity contribution in [3.63, 3.8) is 0 Å². The number of benzene rings is 2. The van der Waals surface area contributed by atoms with Gasteiger partial charge in [0.1, 0.15) is 13.2 Å². The predicted octanol–water partition coefficient (Wildman–Crippen LogP) is 2.11. The first-order chi connectivity index (χ1) is 13.9. The van der Waals surface area contributed by atoms with Gasteiger partial charge in [-0.1, -0.05) is 29.8 Å². The average molecular weight is 438 g/mol. The van der Waals surface area contributed by atoms with Crippen molar-refractivity contribution in [2.75, 3.05) is 38.2 Å². The van der Waals surface area contributed by atoms with Gasteiger partial charge in [0.05, 0.1) is 6.54 Å². The van der Waals surface area contributed by atoms with Crippen molar-refractivity contribution in [1.29, 1.82) is 0 Å². The van der Waals surface area contributed by atoms with Crippen LogP contribution in [0.5, 0.6) is 11.5 Å². The van der Waals surface area contributed by atoms with Gasteiger partial charge in [-0.25, -0.2) is 0 Å². The minimum absolute atomic E-state index is 0.169. The normalized spacial score (nSPS) is 18.5. The second-order valence-corrected chi connectivity index (χ2v) is 9.01. The van der Waals surface area contributed by atoms with Gasteiger partial charge in [0.2, 0.25) is 5.91 Å². The second kappa shape index (κ2) is 8.19. The van der Waals surface area contributed by atoms with Crippen LogP contribution in [0, 0.1) is 0 Å². The fourth-order valence-corrected chi connectivity index (χ4v) is 4.97. The Morgan fingerprint density at radius 2 is 1.76 bits per heavy atom. The molecule has 0 saturated carbocycles. The molecule has 2 aliphatic rings. The standard InChI is InChI=1S/C19H20ClN3O5S/c20-16-4-2-1-3-14(16)12-22-7-8-23(29(22,25)26)13-19(24)21-15-5-6-17-18(11-15)28-10-9-27-17/h1-6,11H,7-10,12-13H2,(H,21,24). The largest absolute Gasteiger partial charge is 0.486 e. The molecular formula is C19H20ClN3O5S. The number of carbonyl (C=O) groups excluding carboxylic acids is 1. The lowest BCUT2D eigenvalue weighted by Crippen LogP contribution is -2.37. The maximum absolute atomic E-state index is 12.8. The minimum atomic E-state index is -3.74. The Balaban J connectivity index is 1.39. The van der Waals surface area contributed by atoms with Gasteiger partial charge in [0.25, 0.3) is 10.2 Å². The first kappa shape index (κ1) is 20.0. The van der Waals surface area contributed by atoms with Gasteiger partial charge in [0.15, 0.2) is 11.5 Å². The molecule has 1 amide bonds. The van der Waals surface area contributed by atoms with Crippen LogP contribution in [0.4, 0.5) is 5.69 Å². The number of amides is 1. The molecule has 2 aromatic carbocycles. The van der Waals surface area contributed by atoms with Crippen LogP contribution < -0.4 is 14.8 Å². The summed E-state index contributed by atoms with van der Waals surface area (Å²) in [5.41, 5.74) is 1.24. The molecule has 2 heterocycles. The maximum Gasteiger partial charge on any atom is 0.282 e. The van der Waals surface area contributed by atoms with Gasteiger partial charge >= 0.3 is 0 Å². The van der Waals surface area contributed by atoms with Gasteiger partial charge < -0.3 is 14.8 Å². The van der Waals surface area contributed by atoms with Gasteiger partial charge in [-0.3, -0.25) is 4.79 Å². The number of ether oxygens (including phenoxy) is 2. The number of rotatable bonds is 5. The number of halogens is 1. The lowest BCUT2D eigenvalue weighted by molar-refractivity contribution is -0.116. The van der Waals surface area contributed by atoms with E-state index in [1.807, 2.05) is 6.07 Å². The second-order valence-electron chi connectivity index (χ2n) is 6.67. The molecule has 0 aromatic heterocycles. The van der Waals surface area contributed by atoms with Gasteiger partial charge in [0, 0.05) is 36.4 Å². The summed E-state index contributed by atoms with van der Waals surface area (Å²) in [6.45, 7) is 1.36. The van der Waals surface area contributed by atoms with E-state index in [9.17, 15) is 13.2 Å². The summed E-state index contributed by atoms with van der Waals surface area (Å²) in [6.07, 6.45) is 0. The molecule has 1 N–H and O–H groups in total. The Bertz CT molecular complexity index is 1030. The Morgan fingerprint density at radius 1 is 1.03 bits per heavy atom. The van der Waals surface area contributed by atoms with Crippen molar-refractivity contribution in [1.82, 2.24) is 8.61 Å². The fraction of sp³-hybridized carbons (Fsp3) is 0.316. The van der Waals surface area contributed by atoms with Crippen LogP contribution >= 0.6 is 11.6 Å². The fourth-order valence-electron chi connectivity index (χ4n) is 3.24. The van der Waals surface area contributed by atoms with E-state index in [0.29, 0.717) is 42.0 Å². The summed E-state index contributed by atoms with van der Waals surface area (Å²) in [5, 5.41) is 3.22. The van der Waals surface area contributed by atoms with Crippen molar-refractivity contribution in [3.8, 4) is 11.5 Å². The lowest BCUT2D eigenvalue weighted by Gasteiger charge is -2.20. The monoisotopic (exact) mass is 437 g/mol. The molecule has 1 fully saturated rings. The van der Waals surface area contributed by atoms with Crippen molar-refractivity contribution >= 4 is 33.4 Å². The summed E-state index contributed by atoms with van der Waals surface area (Å²) < 4.78 is 39.0. The molecule has 29 heavy (non-hydrogen) atoms. The molecule has 8 nitrogen and oxygen atoms in total. The molecule has 0 atom stereocenters. The molecule has 154 valence electrons. The van der Waals surface area contributed by atoms with Gasteiger partial charge in [-0.15, -0.1) is 0 Å². The molecule has 0 unspecified atom stereocenters. The molecule has 4 rings (SSSR count). The maximum atomic E-state index is 12.8. The smallest absolute Gasteiger partial charge is 0.282 e. The number of fused-ring (bicyclic) bond motifs is 1. The van der Waals surface area contributed by atoms with Crippen LogP contribution in [0.2, 0.25) is 5.02 Å². The first-order valence-corrected chi connectivity index (χ1v) is 10.9. The topological polar surface area (TPSA) is 88.2 Å². The van der Waals surface area contributed by atoms with Crippen LogP contribution in [0.25, 0.3) is 0 Å². The van der Waals surface area contributed by atoms with Crippen molar-refractivity contribution in [3.05, 3.63) is 53.1 Å². The number of hydrogen-bond acceptors (Lipinski definition) is 5. The zero-order chi connectivity index (χ0) is 20.4. The highest BCUT2D eigenvalue weighted by Gasteiger charge is 2.37. The summed E-state index contributed by atoms with van der Waals surface area (Å²) >= 11 is 6.14. The highest BCUT2D eigenvalue weighted by Crippen LogP contribution is 2.32. The van der Waals surface area contributed by atoms with Crippen LogP contribution in [-0.4, -0.2) is 55.8 Å². The summed E-state index contributed by atoms with van der Waals surface area (Å²) in [6, 6.07) is 12.2. The zero-order valence-corrected chi connectivity index (χ0v) is 17.1. The van der Waals surface area contributed by atoms with E-state index in [2.05, 4.69) is 5.32 Å². The number of anilines is 1. The molecule has 2 aromatic rings. The quantitative estimate of drug-likeness (QED) is 0.774. The number of carbonyl (C=O) groups is 1. The Hall–Kier alpha value is -2.33. The van der Waals surface area contributed by atoms with Crippen molar-refractivity contribution in [2.24, 2.45) is 0 Å². The molecule has 0 spiro atoms. The molecule has 0 bridgehead atoms. The highest BCUT2D eigenvalue weighted by molar-refractivity contribution is 7.87. The van der Waals surface area contributed by atoms with Crippen LogP contribution in [0.3, 0.4) is 0 Å². The molecule has 10 heteroatoms. The van der Waals surface area contributed by atoms with Crippen molar-refractivity contribution < 1.29 is 22.7 Å². The van der Waals surface area contributed by atoms with Crippen LogP contribution in [-0.2, 0) is 21.5 Å². The lowest BCUT2D eigenvalue weighted by atomic mass is 10.2. The van der Waals surface area contributed by atoms with E-state index in [4.69, 9.17) is 21.1 Å². The van der Waals surface area contributed by atoms with E-state index in [0.717, 1.165) is 9.87 Å². The SMILES string of the molecule is O=C(CN1CCN(Cc2ccccc2Cl)S1(=O)=O)Nc1ccc2c(c1)OCCO2. The van der Waals surface area contributed by atoms with E-state index >= 15 is 0 Å². The summed E-state index contributed by atoms with van der Waals surface area (Å²) in [7, 11) is -3.74. The predicted molar refractivity (Wildman–Crippen MR) is 108 cm³/mol. The first-order valence-electron chi connectivity index (χ1n) is 9.11. The summed E-state index contributed by atoms with van der Waals surface area (Å²) in [4.78, 5) is 12.4. The summed E-state index contributed by atoms with van der Waals surface area (Å²) in [5.74, 6) is 0.741. The molecule has 0 radical (unpaired) electrons. The Morgan fingerprint density at radius 3 is 2.55 bits per heavy atom. The van der Waals surface area contributed by atoms with E-state index < -0.39 is 16.1 Å². The molecule has 0 aliphatic carbocycles. The van der Waals surface area contributed by atoms with Gasteiger partial charge in [-0.2, -0.15) is 17.0 Å². The average Bonchev–Trinajstić information content (AvgIpc) is 2.97. The third kappa shape index (κ3) is 4.32. The Labute approximate surface area is 174 Å². The van der Waals surface area contributed by atoms with E-state index in [1.165, 1.54) is 4.31 Å². The van der Waals surface area contributed by atoms with E-state index in [-0.39, 0.29) is 19.6 Å². The molecule has 1 saturated heterocycles. The van der Waals surface area contributed by atoms with Crippen LogP contribution in [0.1, 0.15) is 5.56 Å². The van der Waals surface area contributed by atoms with Crippen molar-refractivity contribution in [2.45, 2.75) is 6.54 Å². The Kier molecular flexibility index (Phi) is 5.64. The highest BCUT2D eigenvalue weighted by atomic mass is 35.5. The number of hydrogen-bond donors (Lipinski definition) is 1. The number of nitrogens with one attached hydrogen (secondary N) is 1. The third-order valence-corrected chi connectivity index (χ3v) is 7.00.